The fraction of sp³-hybridized carbons (Fsp3) is 0.220. The molecule has 2 atom stereocenters. The summed E-state index contributed by atoms with van der Waals surface area (Å²) in [6.07, 6.45) is 0.0648. The quantitative estimate of drug-likeness (QED) is 0.0867. The Balaban J connectivity index is 1.36. The summed E-state index contributed by atoms with van der Waals surface area (Å²) in [5, 5.41) is 9.12. The Kier molecular flexibility index (Phi) is 11.1. The minimum Gasteiger partial charge on any atom is -0.494 e. The lowest BCUT2D eigenvalue weighted by Crippen LogP contribution is -2.53. The smallest absolute Gasteiger partial charge is 0.266 e. The number of para-hydroxylation sites is 1. The van der Waals surface area contributed by atoms with Gasteiger partial charge in [0.15, 0.2) is 23.1 Å². The van der Waals surface area contributed by atoms with E-state index in [-0.39, 0.29) is 25.5 Å². The van der Waals surface area contributed by atoms with Gasteiger partial charge in [0.2, 0.25) is 5.90 Å². The Hall–Kier alpha value is -5.64. The Morgan fingerprint density at radius 2 is 1.48 bits per heavy atom. The van der Waals surface area contributed by atoms with Crippen molar-refractivity contribution in [3.8, 4) is 28.4 Å². The average Bonchev–Trinajstić information content (AvgIpc) is 3.56. The van der Waals surface area contributed by atoms with Crippen molar-refractivity contribution in [2.75, 3.05) is 27.4 Å². The second-order valence-electron chi connectivity index (χ2n) is 11.9. The normalized spacial score (nSPS) is 16.6. The van der Waals surface area contributed by atoms with E-state index in [1.54, 1.807) is 14.2 Å². The molecular weight excluding hydrogens is 630 g/mol. The topological polar surface area (TPSA) is 111 Å². The van der Waals surface area contributed by atoms with Crippen LogP contribution in [0.3, 0.4) is 0 Å². The van der Waals surface area contributed by atoms with Crippen LogP contribution in [0.5, 0.6) is 17.2 Å². The van der Waals surface area contributed by atoms with Crippen molar-refractivity contribution in [2.24, 2.45) is 4.99 Å². The molecule has 256 valence electrons. The van der Waals surface area contributed by atoms with Crippen molar-refractivity contribution in [3.05, 3.63) is 150 Å². The summed E-state index contributed by atoms with van der Waals surface area (Å²) in [5.41, 5.74) is 10.1. The number of nitrogens with one attached hydrogen (secondary N) is 2. The summed E-state index contributed by atoms with van der Waals surface area (Å²) in [5.74, 6) is 1.85. The molecule has 1 aliphatic rings. The Labute approximate surface area is 292 Å². The molecule has 1 heterocycles. The lowest BCUT2D eigenvalue weighted by Gasteiger charge is -2.31. The Morgan fingerprint density at radius 3 is 2.16 bits per heavy atom. The van der Waals surface area contributed by atoms with Gasteiger partial charge in [-0.3, -0.25) is 10.2 Å². The van der Waals surface area contributed by atoms with E-state index in [1.165, 1.54) is 0 Å². The lowest BCUT2D eigenvalue weighted by atomic mass is 9.82. The summed E-state index contributed by atoms with van der Waals surface area (Å²) < 4.78 is 23.5. The van der Waals surface area contributed by atoms with E-state index in [9.17, 15) is 4.79 Å². The monoisotopic (exact) mass is 671 g/mol. The molecule has 0 aliphatic carbocycles. The third kappa shape index (κ3) is 7.64. The van der Waals surface area contributed by atoms with Crippen LogP contribution in [0.1, 0.15) is 34.8 Å². The van der Waals surface area contributed by atoms with Gasteiger partial charge in [0.25, 0.3) is 5.91 Å². The maximum Gasteiger partial charge on any atom is 0.266 e. The first-order chi connectivity index (χ1) is 24.5. The molecule has 0 saturated carbocycles. The van der Waals surface area contributed by atoms with E-state index in [1.807, 2.05) is 115 Å². The molecule has 0 fully saturated rings. The molecule has 3 N–H and O–H groups in total. The van der Waals surface area contributed by atoms with Gasteiger partial charge in [-0.1, -0.05) is 97.1 Å². The highest BCUT2D eigenvalue weighted by molar-refractivity contribution is 6.01. The van der Waals surface area contributed by atoms with Crippen LogP contribution in [-0.4, -0.2) is 49.9 Å². The predicted octanol–water partition coefficient (Wildman–Crippen LogP) is 6.45. The van der Waals surface area contributed by atoms with E-state index in [0.29, 0.717) is 41.7 Å². The molecule has 5 aromatic rings. The zero-order valence-corrected chi connectivity index (χ0v) is 28.2. The number of benzene rings is 5. The minimum atomic E-state index is -1.38. The summed E-state index contributed by atoms with van der Waals surface area (Å²) in [4.78, 5) is 19.8. The fourth-order valence-electron chi connectivity index (χ4n) is 6.09. The highest BCUT2D eigenvalue weighted by Crippen LogP contribution is 2.43. The highest BCUT2D eigenvalue weighted by atomic mass is 16.5. The van der Waals surface area contributed by atoms with Crippen LogP contribution in [-0.2, 0) is 22.5 Å². The molecular formula is C41H41N3O6. The first-order valence-corrected chi connectivity index (χ1v) is 16.6. The summed E-state index contributed by atoms with van der Waals surface area (Å²) in [7, 11) is 3.17. The Morgan fingerprint density at radius 1 is 0.800 bits per heavy atom. The molecule has 0 aromatic heterocycles. The number of hydrogen-bond donors (Lipinski definition) is 3. The molecule has 5 aromatic carbocycles. The molecule has 0 bridgehead atoms. The van der Waals surface area contributed by atoms with Gasteiger partial charge in [-0.25, -0.2) is 10.4 Å². The molecule has 9 nitrogen and oxygen atoms in total. The van der Waals surface area contributed by atoms with Crippen molar-refractivity contribution in [2.45, 2.75) is 31.0 Å². The van der Waals surface area contributed by atoms with Gasteiger partial charge in [0.05, 0.1) is 20.8 Å². The standard InChI is InChI=1S/C41H41N3O6/c1-47-36-16-9-15-34(37(36)48-2)28-42-44-40(46)41(27-29-11-5-3-6-12-29)38(32-19-17-31(18-20-32)30-13-7-4-8-14-30)50-39(43-41)33-21-23-35(24-22-33)49-26-10-25-45/h3-9,11-24,38,42,45H,10,25-28H2,1-2H3,(H,44,46)/t38-,41-/m0/s1. The van der Waals surface area contributed by atoms with Crippen LogP contribution in [0.2, 0.25) is 0 Å². The zero-order chi connectivity index (χ0) is 34.8. The number of aliphatic hydroxyl groups excluding tert-OH is 1. The lowest BCUT2D eigenvalue weighted by molar-refractivity contribution is -0.130. The maximum atomic E-state index is 14.6. The van der Waals surface area contributed by atoms with Crippen molar-refractivity contribution in [1.82, 2.24) is 10.9 Å². The van der Waals surface area contributed by atoms with Crippen LogP contribution in [0.15, 0.2) is 132 Å². The van der Waals surface area contributed by atoms with Gasteiger partial charge in [-0.2, -0.15) is 0 Å². The number of aliphatic hydroxyl groups is 1. The Bertz CT molecular complexity index is 1880. The third-order valence-electron chi connectivity index (χ3n) is 8.63. The predicted molar refractivity (Wildman–Crippen MR) is 193 cm³/mol. The minimum absolute atomic E-state index is 0.0595. The van der Waals surface area contributed by atoms with Crippen LogP contribution < -0.4 is 25.1 Å². The SMILES string of the molecule is COc1cccc(CNNC(=O)[C@@]2(Cc3ccccc3)N=C(c3ccc(OCCCO)cc3)O[C@H]2c2ccc(-c3ccccc3)cc2)c1OC. The van der Waals surface area contributed by atoms with Crippen molar-refractivity contribution in [1.29, 1.82) is 0 Å². The van der Waals surface area contributed by atoms with Gasteiger partial charge in [0, 0.05) is 37.1 Å². The van der Waals surface area contributed by atoms with Crippen LogP contribution in [0.4, 0.5) is 0 Å². The number of carbonyl (C=O) groups excluding carboxylic acids is 1. The molecule has 0 radical (unpaired) electrons. The molecule has 9 heteroatoms. The number of methoxy groups -OCH3 is 2. The fourth-order valence-corrected chi connectivity index (χ4v) is 6.09. The number of rotatable bonds is 15. The van der Waals surface area contributed by atoms with Crippen LogP contribution >= 0.6 is 0 Å². The highest BCUT2D eigenvalue weighted by Gasteiger charge is 2.53. The maximum absolute atomic E-state index is 14.6. The molecule has 0 unspecified atom stereocenters. The first kappa shape index (κ1) is 34.2. The van der Waals surface area contributed by atoms with E-state index >= 15 is 0 Å². The van der Waals surface area contributed by atoms with Crippen molar-refractivity contribution >= 4 is 11.8 Å². The van der Waals surface area contributed by atoms with Gasteiger partial charge in [0.1, 0.15) is 5.75 Å². The number of hydrazine groups is 1. The second kappa shape index (κ2) is 16.2. The number of amides is 1. The van der Waals surface area contributed by atoms with Crippen LogP contribution in [0.25, 0.3) is 11.1 Å². The first-order valence-electron chi connectivity index (χ1n) is 16.6. The largest absolute Gasteiger partial charge is 0.494 e. The van der Waals surface area contributed by atoms with Gasteiger partial charge in [-0.05, 0) is 52.6 Å². The van der Waals surface area contributed by atoms with Gasteiger partial charge < -0.3 is 24.1 Å². The average molecular weight is 672 g/mol. The number of carbonyl (C=O) groups is 1. The van der Waals surface area contributed by atoms with Gasteiger partial charge >= 0.3 is 0 Å². The van der Waals surface area contributed by atoms with Crippen molar-refractivity contribution < 1.29 is 28.8 Å². The molecule has 1 aliphatic heterocycles. The van der Waals surface area contributed by atoms with Crippen LogP contribution in [0, 0.1) is 0 Å². The molecule has 0 saturated heterocycles. The van der Waals surface area contributed by atoms with Gasteiger partial charge in [-0.15, -0.1) is 0 Å². The molecule has 0 spiro atoms. The number of ether oxygens (including phenoxy) is 4. The second-order valence-corrected chi connectivity index (χ2v) is 11.9. The number of nitrogens with zero attached hydrogens (tertiary/aromatic N) is 1. The van der Waals surface area contributed by atoms with E-state index < -0.39 is 11.6 Å². The van der Waals surface area contributed by atoms with Crippen molar-refractivity contribution in [3.63, 3.8) is 0 Å². The molecule has 6 rings (SSSR count). The van der Waals surface area contributed by atoms with E-state index in [4.69, 9.17) is 29.0 Å². The summed E-state index contributed by atoms with van der Waals surface area (Å²) >= 11 is 0. The van der Waals surface area contributed by atoms with E-state index in [0.717, 1.165) is 27.8 Å². The number of hydrogen-bond acceptors (Lipinski definition) is 8. The summed E-state index contributed by atoms with van der Waals surface area (Å²) in [6, 6.07) is 41.1. The van der Waals surface area contributed by atoms with E-state index in [2.05, 4.69) is 23.0 Å². The number of aliphatic imine (C=N–C) groups is 1. The summed E-state index contributed by atoms with van der Waals surface area (Å²) in [6.45, 7) is 0.742. The molecule has 1 amide bonds. The zero-order valence-electron chi connectivity index (χ0n) is 28.2. The molecule has 50 heavy (non-hydrogen) atoms. The third-order valence-corrected chi connectivity index (χ3v) is 8.63.